The molecule has 2 heterocycles. The van der Waals surface area contributed by atoms with Crippen molar-refractivity contribution < 1.29 is 14.5 Å². The smallest absolute Gasteiger partial charge is 0.293 e. The average molecular weight is 342 g/mol. The number of aromatic nitrogens is 1. The average Bonchev–Trinajstić information content (AvgIpc) is 2.63. The second-order valence-corrected chi connectivity index (χ2v) is 5.68. The third kappa shape index (κ3) is 3.74. The molecular formula is C17H18N4O4. The summed E-state index contributed by atoms with van der Waals surface area (Å²) in [5.74, 6) is 0.00540. The molecule has 3 rings (SSSR count). The highest BCUT2D eigenvalue weighted by atomic mass is 16.6. The van der Waals surface area contributed by atoms with Crippen molar-refractivity contribution in [3.63, 3.8) is 0 Å². The molecule has 0 spiro atoms. The lowest BCUT2D eigenvalue weighted by molar-refractivity contribution is -0.384. The summed E-state index contributed by atoms with van der Waals surface area (Å²) >= 11 is 0. The second-order valence-electron chi connectivity index (χ2n) is 5.68. The lowest BCUT2D eigenvalue weighted by Gasteiger charge is -2.28. The summed E-state index contributed by atoms with van der Waals surface area (Å²) in [7, 11) is 0. The Hall–Kier alpha value is -3.00. The highest BCUT2D eigenvalue weighted by Gasteiger charge is 2.23. The molecule has 0 aliphatic carbocycles. The number of nitrogens with one attached hydrogen (secondary N) is 1. The first kappa shape index (κ1) is 16.8. The summed E-state index contributed by atoms with van der Waals surface area (Å²) in [6.45, 7) is 4.04. The molecule has 0 radical (unpaired) electrons. The van der Waals surface area contributed by atoms with Gasteiger partial charge in [-0.15, -0.1) is 0 Å². The van der Waals surface area contributed by atoms with Gasteiger partial charge in [0, 0.05) is 30.9 Å². The molecule has 1 amide bonds. The van der Waals surface area contributed by atoms with Crippen LogP contribution in [-0.2, 0) is 4.74 Å². The van der Waals surface area contributed by atoms with Crippen LogP contribution in [0.3, 0.4) is 0 Å². The van der Waals surface area contributed by atoms with Crippen molar-refractivity contribution in [2.75, 3.05) is 36.5 Å². The first-order valence-electron chi connectivity index (χ1n) is 7.90. The van der Waals surface area contributed by atoms with Gasteiger partial charge in [0.1, 0.15) is 11.5 Å². The lowest BCUT2D eigenvalue weighted by atomic mass is 10.1. The normalized spacial score (nSPS) is 14.2. The molecule has 1 aliphatic rings. The Balaban J connectivity index is 1.87. The number of carbonyl (C=O) groups excluding carboxylic acids is 1. The first-order chi connectivity index (χ1) is 12.1. The van der Waals surface area contributed by atoms with Crippen LogP contribution in [-0.4, -0.2) is 42.1 Å². The third-order valence-corrected chi connectivity index (χ3v) is 4.03. The van der Waals surface area contributed by atoms with Gasteiger partial charge >= 0.3 is 0 Å². The van der Waals surface area contributed by atoms with Gasteiger partial charge in [0.2, 0.25) is 0 Å². The Morgan fingerprint density at radius 2 is 2.08 bits per heavy atom. The zero-order chi connectivity index (χ0) is 17.8. The number of rotatable bonds is 4. The predicted molar refractivity (Wildman–Crippen MR) is 93.1 cm³/mol. The Morgan fingerprint density at radius 3 is 2.76 bits per heavy atom. The number of anilines is 2. The highest BCUT2D eigenvalue weighted by molar-refractivity contribution is 6.05. The largest absolute Gasteiger partial charge is 0.378 e. The summed E-state index contributed by atoms with van der Waals surface area (Å²) in [5, 5.41) is 14.1. The molecule has 1 fully saturated rings. The van der Waals surface area contributed by atoms with Crippen LogP contribution in [0.15, 0.2) is 36.5 Å². The topological polar surface area (TPSA) is 97.6 Å². The van der Waals surface area contributed by atoms with E-state index < -0.39 is 10.8 Å². The molecule has 0 unspecified atom stereocenters. The number of nitro groups is 1. The fourth-order valence-corrected chi connectivity index (χ4v) is 2.68. The zero-order valence-corrected chi connectivity index (χ0v) is 13.8. The molecule has 1 N–H and O–H groups in total. The molecule has 0 bridgehead atoms. The highest BCUT2D eigenvalue weighted by Crippen LogP contribution is 2.30. The number of amides is 1. The summed E-state index contributed by atoms with van der Waals surface area (Å²) in [6, 6.07) is 8.10. The minimum absolute atomic E-state index is 0.0905. The summed E-state index contributed by atoms with van der Waals surface area (Å²) in [5.41, 5.74) is 1.44. The molecule has 0 saturated carbocycles. The molecule has 130 valence electrons. The van der Waals surface area contributed by atoms with Gasteiger partial charge in [-0.3, -0.25) is 14.9 Å². The van der Waals surface area contributed by atoms with E-state index in [9.17, 15) is 14.9 Å². The van der Waals surface area contributed by atoms with E-state index in [1.54, 1.807) is 24.4 Å². The minimum atomic E-state index is -0.465. The molecular weight excluding hydrogens is 324 g/mol. The number of nitro benzene ring substituents is 1. The van der Waals surface area contributed by atoms with Gasteiger partial charge in [-0.2, -0.15) is 0 Å². The third-order valence-electron chi connectivity index (χ3n) is 4.03. The van der Waals surface area contributed by atoms with Crippen LogP contribution in [0.2, 0.25) is 0 Å². The van der Waals surface area contributed by atoms with Crippen LogP contribution in [0.1, 0.15) is 15.9 Å². The number of nitrogens with zero attached hydrogens (tertiary/aromatic N) is 3. The van der Waals surface area contributed by atoms with E-state index in [0.29, 0.717) is 37.8 Å². The maximum Gasteiger partial charge on any atom is 0.293 e. The summed E-state index contributed by atoms with van der Waals surface area (Å²) in [6.07, 6.45) is 1.58. The molecule has 8 heteroatoms. The number of aryl methyl sites for hydroxylation is 1. The van der Waals surface area contributed by atoms with Crippen molar-refractivity contribution in [1.82, 2.24) is 4.98 Å². The van der Waals surface area contributed by atoms with Gasteiger partial charge < -0.3 is 15.0 Å². The Kier molecular flexibility index (Phi) is 4.90. The zero-order valence-electron chi connectivity index (χ0n) is 13.8. The van der Waals surface area contributed by atoms with Gasteiger partial charge in [0.05, 0.1) is 18.1 Å². The van der Waals surface area contributed by atoms with Gasteiger partial charge in [-0.05, 0) is 30.7 Å². The van der Waals surface area contributed by atoms with E-state index in [1.165, 1.54) is 6.07 Å². The second kappa shape index (κ2) is 7.27. The number of ether oxygens (including phenoxy) is 1. The van der Waals surface area contributed by atoms with E-state index >= 15 is 0 Å². The predicted octanol–water partition coefficient (Wildman–Crippen LogP) is 2.39. The van der Waals surface area contributed by atoms with Gasteiger partial charge in [0.15, 0.2) is 0 Å². The van der Waals surface area contributed by atoms with E-state index in [-0.39, 0.29) is 11.3 Å². The number of pyridine rings is 1. The maximum absolute atomic E-state index is 12.4. The number of benzene rings is 1. The van der Waals surface area contributed by atoms with Crippen LogP contribution in [0.4, 0.5) is 17.2 Å². The number of morpholine rings is 1. The molecule has 25 heavy (non-hydrogen) atoms. The fourth-order valence-electron chi connectivity index (χ4n) is 2.68. The number of hydrogen-bond acceptors (Lipinski definition) is 6. The Bertz CT molecular complexity index is 803. The minimum Gasteiger partial charge on any atom is -0.378 e. The van der Waals surface area contributed by atoms with Gasteiger partial charge in [-0.1, -0.05) is 6.07 Å². The van der Waals surface area contributed by atoms with Crippen LogP contribution < -0.4 is 10.2 Å². The molecule has 1 saturated heterocycles. The molecule has 1 aromatic heterocycles. The van der Waals surface area contributed by atoms with Crippen molar-refractivity contribution in [1.29, 1.82) is 0 Å². The van der Waals surface area contributed by atoms with Crippen molar-refractivity contribution >= 4 is 23.1 Å². The summed E-state index contributed by atoms with van der Waals surface area (Å²) < 4.78 is 5.28. The van der Waals surface area contributed by atoms with Crippen LogP contribution in [0.25, 0.3) is 0 Å². The van der Waals surface area contributed by atoms with E-state index in [2.05, 4.69) is 10.3 Å². The number of carbonyl (C=O) groups is 1. The lowest BCUT2D eigenvalue weighted by Crippen LogP contribution is -2.36. The fraction of sp³-hybridized carbons (Fsp3) is 0.294. The first-order valence-corrected chi connectivity index (χ1v) is 7.90. The summed E-state index contributed by atoms with van der Waals surface area (Å²) in [4.78, 5) is 29.4. The van der Waals surface area contributed by atoms with Crippen molar-refractivity contribution in [2.24, 2.45) is 0 Å². The maximum atomic E-state index is 12.4. The van der Waals surface area contributed by atoms with Gasteiger partial charge in [0.25, 0.3) is 11.6 Å². The molecule has 2 aromatic rings. The van der Waals surface area contributed by atoms with Crippen molar-refractivity contribution in [3.8, 4) is 0 Å². The standard InChI is InChI=1S/C17H18N4O4/c1-12-3-2-6-18-16(12)19-17(22)13-4-5-14(15(11-13)21(23)24)20-7-9-25-10-8-20/h2-6,11H,7-10H2,1H3,(H,18,19,22). The Morgan fingerprint density at radius 1 is 1.32 bits per heavy atom. The van der Waals surface area contributed by atoms with Crippen molar-refractivity contribution in [3.05, 3.63) is 57.8 Å². The van der Waals surface area contributed by atoms with Crippen LogP contribution >= 0.6 is 0 Å². The Labute approximate surface area is 144 Å². The monoisotopic (exact) mass is 342 g/mol. The molecule has 1 aliphatic heterocycles. The molecule has 0 atom stereocenters. The van der Waals surface area contributed by atoms with E-state index in [1.807, 2.05) is 17.9 Å². The van der Waals surface area contributed by atoms with E-state index in [0.717, 1.165) is 5.56 Å². The van der Waals surface area contributed by atoms with Crippen molar-refractivity contribution in [2.45, 2.75) is 6.92 Å². The molecule has 1 aromatic carbocycles. The quantitative estimate of drug-likeness (QED) is 0.677. The van der Waals surface area contributed by atoms with E-state index in [4.69, 9.17) is 4.74 Å². The van der Waals surface area contributed by atoms with Crippen LogP contribution in [0.5, 0.6) is 0 Å². The number of hydrogen-bond donors (Lipinski definition) is 1. The van der Waals surface area contributed by atoms with Gasteiger partial charge in [-0.25, -0.2) is 4.98 Å². The van der Waals surface area contributed by atoms with Crippen LogP contribution in [0, 0.1) is 17.0 Å². The SMILES string of the molecule is Cc1cccnc1NC(=O)c1ccc(N2CCOCC2)c([N+](=O)[O-])c1. The molecule has 8 nitrogen and oxygen atoms in total.